The summed E-state index contributed by atoms with van der Waals surface area (Å²) in [5.41, 5.74) is 0. The van der Waals surface area contributed by atoms with Gasteiger partial charge in [0.15, 0.2) is 0 Å². The first-order chi connectivity index (χ1) is 9.60. The monoisotopic (exact) mass is 277 g/mol. The van der Waals surface area contributed by atoms with Crippen molar-refractivity contribution in [3.63, 3.8) is 0 Å². The van der Waals surface area contributed by atoms with Crippen LogP contribution in [0.15, 0.2) is 0 Å². The van der Waals surface area contributed by atoms with Crippen LogP contribution in [-0.4, -0.2) is 29.7 Å². The van der Waals surface area contributed by atoms with Crippen LogP contribution in [0.2, 0.25) is 0 Å². The number of ether oxygens (including phenoxy) is 1. The van der Waals surface area contributed by atoms with Crippen LogP contribution in [0.1, 0.15) is 52.4 Å². The number of nitrogens with zero attached hydrogens (tertiary/aromatic N) is 1. The van der Waals surface area contributed by atoms with Crippen LogP contribution >= 0.6 is 0 Å². The first-order valence-corrected chi connectivity index (χ1v) is 8.57. The minimum absolute atomic E-state index is 0.0203. The van der Waals surface area contributed by atoms with Gasteiger partial charge in [-0.15, -0.1) is 0 Å². The molecule has 5 rings (SSSR count). The van der Waals surface area contributed by atoms with Crippen molar-refractivity contribution in [3.8, 4) is 0 Å². The van der Waals surface area contributed by atoms with Gasteiger partial charge in [0.1, 0.15) is 6.10 Å². The molecule has 3 nitrogen and oxygen atoms in total. The van der Waals surface area contributed by atoms with Gasteiger partial charge in [0, 0.05) is 6.04 Å². The molecular formula is C17H27NO2. The van der Waals surface area contributed by atoms with Crippen LogP contribution in [-0.2, 0) is 4.74 Å². The molecule has 0 aromatic rings. The third-order valence-electron chi connectivity index (χ3n) is 6.17. The molecule has 0 unspecified atom stereocenters. The minimum atomic E-state index is -0.0203. The van der Waals surface area contributed by atoms with Gasteiger partial charge in [-0.3, -0.25) is 0 Å². The van der Waals surface area contributed by atoms with Crippen molar-refractivity contribution in [2.45, 2.75) is 64.5 Å². The lowest BCUT2D eigenvalue weighted by Crippen LogP contribution is -2.56. The highest BCUT2D eigenvalue weighted by atomic mass is 16.6. The fourth-order valence-corrected chi connectivity index (χ4v) is 5.84. The molecule has 0 spiro atoms. The van der Waals surface area contributed by atoms with Crippen molar-refractivity contribution < 1.29 is 9.53 Å². The Kier molecular flexibility index (Phi) is 3.01. The van der Waals surface area contributed by atoms with Crippen molar-refractivity contribution in [2.75, 3.05) is 6.54 Å². The van der Waals surface area contributed by atoms with E-state index in [1.165, 1.54) is 32.1 Å². The summed E-state index contributed by atoms with van der Waals surface area (Å²) in [5, 5.41) is 0. The van der Waals surface area contributed by atoms with Crippen LogP contribution in [0.4, 0.5) is 4.79 Å². The normalized spacial score (nSPS) is 46.4. The Morgan fingerprint density at radius 2 is 1.70 bits per heavy atom. The fraction of sp³-hybridized carbons (Fsp3) is 0.941. The van der Waals surface area contributed by atoms with Gasteiger partial charge < -0.3 is 9.64 Å². The van der Waals surface area contributed by atoms with Crippen LogP contribution < -0.4 is 0 Å². The summed E-state index contributed by atoms with van der Waals surface area (Å²) in [6.45, 7) is 5.27. The predicted molar refractivity (Wildman–Crippen MR) is 77.3 cm³/mol. The molecule has 1 heterocycles. The standard InChI is InChI=1S/C17H27NO2/c1-10(2)3-15-9-18(17(19)20-15)16-13-5-11-4-12(7-13)8-14(16)6-11/h10-16H,3-9H2,1-2H3/t11?,12?,13?,14?,15-,16?/m0/s1. The Balaban J connectivity index is 1.49. The lowest BCUT2D eigenvalue weighted by atomic mass is 9.54. The summed E-state index contributed by atoms with van der Waals surface area (Å²) >= 11 is 0. The average molecular weight is 277 g/mol. The second kappa shape index (κ2) is 4.64. The minimum Gasteiger partial charge on any atom is -0.444 e. The van der Waals surface area contributed by atoms with Crippen LogP contribution in [0.5, 0.6) is 0 Å². The zero-order valence-electron chi connectivity index (χ0n) is 12.8. The number of hydrogen-bond acceptors (Lipinski definition) is 2. The van der Waals surface area contributed by atoms with E-state index in [9.17, 15) is 4.79 Å². The fourth-order valence-electron chi connectivity index (χ4n) is 5.84. The smallest absolute Gasteiger partial charge is 0.410 e. The van der Waals surface area contributed by atoms with Crippen LogP contribution in [0.3, 0.4) is 0 Å². The highest BCUT2D eigenvalue weighted by molar-refractivity contribution is 5.70. The van der Waals surface area contributed by atoms with E-state index in [0.717, 1.165) is 36.6 Å². The topological polar surface area (TPSA) is 29.5 Å². The molecule has 5 fully saturated rings. The van der Waals surface area contributed by atoms with Crippen molar-refractivity contribution in [1.29, 1.82) is 0 Å². The molecule has 4 bridgehead atoms. The van der Waals surface area contributed by atoms with E-state index in [0.29, 0.717) is 12.0 Å². The van der Waals surface area contributed by atoms with Crippen molar-refractivity contribution >= 4 is 6.09 Å². The lowest BCUT2D eigenvalue weighted by molar-refractivity contribution is -0.0481. The van der Waals surface area contributed by atoms with E-state index in [1.54, 1.807) is 0 Å². The SMILES string of the molecule is CC(C)C[C@H]1CN(C2C3CC4CC(C3)CC2C4)C(=O)O1. The van der Waals surface area contributed by atoms with E-state index < -0.39 is 0 Å². The number of carbonyl (C=O) groups excluding carboxylic acids is 1. The largest absolute Gasteiger partial charge is 0.444 e. The second-order valence-corrected chi connectivity index (χ2v) is 8.21. The first kappa shape index (κ1) is 13.0. The summed E-state index contributed by atoms with van der Waals surface area (Å²) in [6.07, 6.45) is 8.09. The molecule has 1 aliphatic heterocycles. The van der Waals surface area contributed by atoms with E-state index >= 15 is 0 Å². The van der Waals surface area contributed by atoms with Gasteiger partial charge in [0.25, 0.3) is 0 Å². The number of cyclic esters (lactones) is 1. The molecule has 0 N–H and O–H groups in total. The Labute approximate surface area is 122 Å². The molecule has 112 valence electrons. The summed E-state index contributed by atoms with van der Waals surface area (Å²) in [5.74, 6) is 4.09. The third-order valence-corrected chi connectivity index (χ3v) is 6.17. The maximum Gasteiger partial charge on any atom is 0.410 e. The molecule has 4 aliphatic carbocycles. The van der Waals surface area contributed by atoms with Gasteiger partial charge in [0.2, 0.25) is 0 Å². The molecule has 3 heteroatoms. The highest BCUT2D eigenvalue weighted by Crippen LogP contribution is 2.55. The lowest BCUT2D eigenvalue weighted by Gasteiger charge is -2.56. The Morgan fingerprint density at radius 1 is 1.10 bits per heavy atom. The summed E-state index contributed by atoms with van der Waals surface area (Å²) in [6, 6.07) is 0.507. The van der Waals surface area contributed by atoms with Gasteiger partial charge in [-0.05, 0) is 68.1 Å². The number of amides is 1. The molecule has 1 amide bonds. The molecule has 0 radical (unpaired) electrons. The van der Waals surface area contributed by atoms with Gasteiger partial charge in [-0.1, -0.05) is 13.8 Å². The Bertz CT molecular complexity index is 378. The van der Waals surface area contributed by atoms with E-state index in [2.05, 4.69) is 18.7 Å². The second-order valence-electron chi connectivity index (χ2n) is 8.21. The molecule has 0 aromatic heterocycles. The maximum absolute atomic E-state index is 12.3. The summed E-state index contributed by atoms with van der Waals surface area (Å²) < 4.78 is 5.63. The third kappa shape index (κ3) is 2.05. The summed E-state index contributed by atoms with van der Waals surface area (Å²) in [4.78, 5) is 14.4. The van der Waals surface area contributed by atoms with E-state index in [4.69, 9.17) is 4.74 Å². The van der Waals surface area contributed by atoms with Crippen molar-refractivity contribution in [1.82, 2.24) is 4.90 Å². The maximum atomic E-state index is 12.3. The van der Waals surface area contributed by atoms with Gasteiger partial charge >= 0.3 is 6.09 Å². The van der Waals surface area contributed by atoms with Crippen LogP contribution in [0.25, 0.3) is 0 Å². The Hall–Kier alpha value is -0.730. The van der Waals surface area contributed by atoms with Gasteiger partial charge in [-0.2, -0.15) is 0 Å². The zero-order chi connectivity index (χ0) is 13.9. The number of rotatable bonds is 3. The number of carbonyl (C=O) groups is 1. The van der Waals surface area contributed by atoms with Crippen molar-refractivity contribution in [3.05, 3.63) is 0 Å². The predicted octanol–water partition coefficient (Wildman–Crippen LogP) is 3.68. The molecule has 1 atom stereocenters. The number of hydrogen-bond donors (Lipinski definition) is 0. The highest BCUT2D eigenvalue weighted by Gasteiger charge is 2.52. The quantitative estimate of drug-likeness (QED) is 0.787. The van der Waals surface area contributed by atoms with E-state index in [1.807, 2.05) is 0 Å². The van der Waals surface area contributed by atoms with Gasteiger partial charge in [-0.25, -0.2) is 4.79 Å². The molecule has 5 aliphatic rings. The molecular weight excluding hydrogens is 250 g/mol. The van der Waals surface area contributed by atoms with Crippen LogP contribution in [0, 0.1) is 29.6 Å². The van der Waals surface area contributed by atoms with Crippen molar-refractivity contribution in [2.24, 2.45) is 29.6 Å². The summed E-state index contributed by atoms with van der Waals surface area (Å²) in [7, 11) is 0. The molecule has 1 saturated heterocycles. The van der Waals surface area contributed by atoms with Gasteiger partial charge in [0.05, 0.1) is 6.54 Å². The Morgan fingerprint density at radius 3 is 2.25 bits per heavy atom. The first-order valence-electron chi connectivity index (χ1n) is 8.57. The molecule has 0 aromatic carbocycles. The average Bonchev–Trinajstić information content (AvgIpc) is 2.68. The molecule has 20 heavy (non-hydrogen) atoms. The zero-order valence-corrected chi connectivity index (χ0v) is 12.8. The van der Waals surface area contributed by atoms with E-state index in [-0.39, 0.29) is 12.2 Å². The molecule has 4 saturated carbocycles.